The smallest absolute Gasteiger partial charge is 0.358 e. The van der Waals surface area contributed by atoms with Crippen LogP contribution in [0.4, 0.5) is 5.82 Å². The Hall–Kier alpha value is -1.69. The van der Waals surface area contributed by atoms with Crippen LogP contribution in [0.1, 0.15) is 10.5 Å². The van der Waals surface area contributed by atoms with Gasteiger partial charge < -0.3 is 15.3 Å². The Labute approximate surface area is 88.0 Å². The molecule has 0 spiro atoms. The Kier molecular flexibility index (Phi) is 3.99. The van der Waals surface area contributed by atoms with Gasteiger partial charge in [-0.25, -0.2) is 14.8 Å². The normalized spacial score (nSPS) is 10.3. The van der Waals surface area contributed by atoms with Crippen molar-refractivity contribution >= 4 is 11.8 Å². The molecule has 1 rings (SSSR count). The van der Waals surface area contributed by atoms with Crippen LogP contribution in [0.3, 0.4) is 0 Å². The van der Waals surface area contributed by atoms with Crippen LogP contribution in [0.15, 0.2) is 12.4 Å². The Morgan fingerprint density at radius 3 is 2.73 bits per heavy atom. The molecule has 0 aromatic carbocycles. The molecule has 1 heterocycles. The van der Waals surface area contributed by atoms with Crippen LogP contribution < -0.4 is 5.32 Å². The molecule has 0 aliphatic heterocycles. The molecule has 0 aliphatic carbocycles. The third-order valence-electron chi connectivity index (χ3n) is 1.75. The van der Waals surface area contributed by atoms with Crippen LogP contribution in [0, 0.1) is 0 Å². The lowest BCUT2D eigenvalue weighted by molar-refractivity contribution is 0.0691. The maximum absolute atomic E-state index is 10.8. The van der Waals surface area contributed by atoms with Crippen LogP contribution in [-0.4, -0.2) is 53.1 Å². The van der Waals surface area contributed by atoms with Crippen LogP contribution in [-0.2, 0) is 0 Å². The number of carboxylic acid groups (broad SMARTS) is 1. The van der Waals surface area contributed by atoms with E-state index in [1.807, 2.05) is 19.0 Å². The second-order valence-electron chi connectivity index (χ2n) is 3.29. The van der Waals surface area contributed by atoms with Crippen molar-refractivity contribution in [3.8, 4) is 0 Å². The quantitative estimate of drug-likeness (QED) is 0.720. The number of hydrogen-bond donors (Lipinski definition) is 2. The lowest BCUT2D eigenvalue weighted by atomic mass is 10.4. The second-order valence-corrected chi connectivity index (χ2v) is 3.29. The van der Waals surface area contributed by atoms with Crippen molar-refractivity contribution in [3.05, 3.63) is 18.1 Å². The van der Waals surface area contributed by atoms with E-state index in [0.29, 0.717) is 12.4 Å². The summed E-state index contributed by atoms with van der Waals surface area (Å²) < 4.78 is 0. The molecule has 0 unspecified atom stereocenters. The number of carboxylic acids is 1. The van der Waals surface area contributed by atoms with Crippen molar-refractivity contribution in [3.63, 3.8) is 0 Å². The van der Waals surface area contributed by atoms with Gasteiger partial charge in [0, 0.05) is 25.5 Å². The van der Waals surface area contributed by atoms with Crippen molar-refractivity contribution in [2.75, 3.05) is 32.5 Å². The van der Waals surface area contributed by atoms with Crippen molar-refractivity contribution in [2.24, 2.45) is 0 Å². The lowest BCUT2D eigenvalue weighted by Crippen LogP contribution is -2.22. The van der Waals surface area contributed by atoms with Gasteiger partial charge in [-0.1, -0.05) is 0 Å². The molecule has 82 valence electrons. The first-order valence-corrected chi connectivity index (χ1v) is 4.54. The van der Waals surface area contributed by atoms with Gasteiger partial charge in [0.05, 0.1) is 0 Å². The van der Waals surface area contributed by atoms with E-state index in [9.17, 15) is 4.79 Å². The topological polar surface area (TPSA) is 78.3 Å². The highest BCUT2D eigenvalue weighted by atomic mass is 16.4. The summed E-state index contributed by atoms with van der Waals surface area (Å²) in [5.41, 5.74) is -0.0451. The summed E-state index contributed by atoms with van der Waals surface area (Å²) in [5, 5.41) is 11.8. The summed E-state index contributed by atoms with van der Waals surface area (Å²) in [7, 11) is 3.88. The molecule has 1 aromatic rings. The Balaban J connectivity index is 2.63. The van der Waals surface area contributed by atoms with Crippen molar-refractivity contribution < 1.29 is 9.90 Å². The maximum atomic E-state index is 10.8. The molecule has 0 aliphatic rings. The van der Waals surface area contributed by atoms with E-state index in [2.05, 4.69) is 15.3 Å². The number of nitrogens with zero attached hydrogens (tertiary/aromatic N) is 3. The van der Waals surface area contributed by atoms with Gasteiger partial charge in [0.15, 0.2) is 11.5 Å². The van der Waals surface area contributed by atoms with E-state index in [1.165, 1.54) is 12.4 Å². The van der Waals surface area contributed by atoms with Gasteiger partial charge in [0.2, 0.25) is 0 Å². The molecule has 6 heteroatoms. The van der Waals surface area contributed by atoms with Gasteiger partial charge in [0.25, 0.3) is 0 Å². The van der Waals surface area contributed by atoms with E-state index in [4.69, 9.17) is 5.11 Å². The zero-order valence-corrected chi connectivity index (χ0v) is 8.77. The zero-order chi connectivity index (χ0) is 11.3. The summed E-state index contributed by atoms with van der Waals surface area (Å²) in [4.78, 5) is 20.4. The summed E-state index contributed by atoms with van der Waals surface area (Å²) in [6.07, 6.45) is 2.82. The minimum absolute atomic E-state index is 0.0451. The fourth-order valence-electron chi connectivity index (χ4n) is 1.02. The van der Waals surface area contributed by atoms with E-state index in [1.54, 1.807) is 0 Å². The van der Waals surface area contributed by atoms with Gasteiger partial charge in [-0.3, -0.25) is 0 Å². The van der Waals surface area contributed by atoms with Gasteiger partial charge in [0.1, 0.15) is 0 Å². The fourth-order valence-corrected chi connectivity index (χ4v) is 1.02. The van der Waals surface area contributed by atoms with Gasteiger partial charge in [-0.2, -0.15) is 0 Å². The van der Waals surface area contributed by atoms with Crippen molar-refractivity contribution in [1.29, 1.82) is 0 Å². The largest absolute Gasteiger partial charge is 0.476 e. The molecule has 15 heavy (non-hydrogen) atoms. The Bertz CT molecular complexity index is 341. The standard InChI is InChI=1S/C9H14N4O2/c1-13(2)6-5-12-8-7(9(14)15)10-3-4-11-8/h3-4H,5-6H2,1-2H3,(H,11,12)(H,14,15). The second kappa shape index (κ2) is 5.26. The Morgan fingerprint density at radius 2 is 2.13 bits per heavy atom. The Morgan fingerprint density at radius 1 is 1.47 bits per heavy atom. The average molecular weight is 210 g/mol. The summed E-state index contributed by atoms with van der Waals surface area (Å²) in [6.45, 7) is 1.43. The predicted octanol–water partition coefficient (Wildman–Crippen LogP) is 0.148. The fraction of sp³-hybridized carbons (Fsp3) is 0.444. The minimum Gasteiger partial charge on any atom is -0.476 e. The molecule has 2 N–H and O–H groups in total. The maximum Gasteiger partial charge on any atom is 0.358 e. The number of nitrogens with one attached hydrogen (secondary N) is 1. The highest BCUT2D eigenvalue weighted by molar-refractivity contribution is 5.90. The lowest BCUT2D eigenvalue weighted by Gasteiger charge is -2.11. The molecule has 0 radical (unpaired) electrons. The molecule has 0 atom stereocenters. The molecule has 1 aromatic heterocycles. The first-order chi connectivity index (χ1) is 7.11. The first-order valence-electron chi connectivity index (χ1n) is 4.54. The number of aromatic nitrogens is 2. The van der Waals surface area contributed by atoms with Crippen LogP contribution in [0.5, 0.6) is 0 Å². The number of rotatable bonds is 5. The van der Waals surface area contributed by atoms with Crippen molar-refractivity contribution in [2.45, 2.75) is 0 Å². The zero-order valence-electron chi connectivity index (χ0n) is 8.77. The molecule has 0 saturated heterocycles. The van der Waals surface area contributed by atoms with Crippen molar-refractivity contribution in [1.82, 2.24) is 14.9 Å². The monoisotopic (exact) mass is 210 g/mol. The molecular weight excluding hydrogens is 196 g/mol. The van der Waals surface area contributed by atoms with Gasteiger partial charge in [-0.05, 0) is 14.1 Å². The van der Waals surface area contributed by atoms with E-state index < -0.39 is 5.97 Å². The molecule has 0 bridgehead atoms. The number of likely N-dealkylation sites (N-methyl/N-ethyl adjacent to an activating group) is 1. The molecule has 0 amide bonds. The summed E-state index contributed by atoms with van der Waals surface area (Å²) in [6, 6.07) is 0. The number of carbonyl (C=O) groups is 1. The van der Waals surface area contributed by atoms with Crippen LogP contribution >= 0.6 is 0 Å². The van der Waals surface area contributed by atoms with Crippen LogP contribution in [0.2, 0.25) is 0 Å². The molecule has 0 saturated carbocycles. The predicted molar refractivity (Wildman–Crippen MR) is 56.0 cm³/mol. The number of aromatic carboxylic acids is 1. The molecule has 6 nitrogen and oxygen atoms in total. The average Bonchev–Trinajstić information content (AvgIpc) is 2.17. The first kappa shape index (κ1) is 11.4. The molecule has 0 fully saturated rings. The van der Waals surface area contributed by atoms with Gasteiger partial charge in [-0.15, -0.1) is 0 Å². The van der Waals surface area contributed by atoms with Crippen LogP contribution in [0.25, 0.3) is 0 Å². The van der Waals surface area contributed by atoms with E-state index >= 15 is 0 Å². The number of hydrogen-bond acceptors (Lipinski definition) is 5. The SMILES string of the molecule is CN(C)CCNc1nccnc1C(=O)O. The third-order valence-corrected chi connectivity index (χ3v) is 1.75. The minimum atomic E-state index is -1.07. The highest BCUT2D eigenvalue weighted by Crippen LogP contribution is 2.06. The van der Waals surface area contributed by atoms with E-state index in [0.717, 1.165) is 6.54 Å². The number of anilines is 1. The molecular formula is C9H14N4O2. The van der Waals surface area contributed by atoms with Gasteiger partial charge >= 0.3 is 5.97 Å². The van der Waals surface area contributed by atoms with E-state index in [-0.39, 0.29) is 5.69 Å². The summed E-state index contributed by atoms with van der Waals surface area (Å²) >= 11 is 0. The summed E-state index contributed by atoms with van der Waals surface area (Å²) in [5.74, 6) is -0.762. The third kappa shape index (κ3) is 3.51. The highest BCUT2D eigenvalue weighted by Gasteiger charge is 2.11.